The van der Waals surface area contributed by atoms with Crippen LogP contribution in [0.25, 0.3) is 0 Å². The Hall–Kier alpha value is -2.08. The van der Waals surface area contributed by atoms with E-state index in [1.54, 1.807) is 19.3 Å². The number of aliphatic hydroxyl groups is 1. The highest BCUT2D eigenvalue weighted by Gasteiger charge is 2.15. The van der Waals surface area contributed by atoms with E-state index in [-0.39, 0.29) is 5.76 Å². The van der Waals surface area contributed by atoms with Crippen LogP contribution in [0.5, 0.6) is 0 Å². The topological polar surface area (TPSA) is 108 Å². The van der Waals surface area contributed by atoms with E-state index in [1.807, 2.05) is 13.1 Å². The van der Waals surface area contributed by atoms with E-state index in [9.17, 15) is 9.90 Å². The summed E-state index contributed by atoms with van der Waals surface area (Å²) in [4.78, 5) is 14.6. The Morgan fingerprint density at radius 3 is 2.90 bits per heavy atom. The van der Waals surface area contributed by atoms with Crippen molar-refractivity contribution in [2.24, 2.45) is 10.7 Å². The first-order valence-corrected chi connectivity index (χ1v) is 6.53. The molecule has 0 aromatic heterocycles. The molecule has 110 valence electrons. The van der Waals surface area contributed by atoms with E-state index >= 15 is 0 Å². The van der Waals surface area contributed by atoms with Crippen molar-refractivity contribution in [3.63, 3.8) is 0 Å². The van der Waals surface area contributed by atoms with Gasteiger partial charge in [-0.15, -0.1) is 0 Å². The molecule has 6 heteroatoms. The SMILES string of the molecule is CCC1=CNC(C)=C(O)/C1=C\N=CCC[C@H](N)C(=O)O. The summed E-state index contributed by atoms with van der Waals surface area (Å²) in [7, 11) is 0. The highest BCUT2D eigenvalue weighted by Crippen LogP contribution is 2.25. The first-order chi connectivity index (χ1) is 9.47. The summed E-state index contributed by atoms with van der Waals surface area (Å²) < 4.78 is 0. The number of carbonyl (C=O) groups is 1. The fraction of sp³-hybridized carbons (Fsp3) is 0.429. The predicted molar refractivity (Wildman–Crippen MR) is 78.3 cm³/mol. The van der Waals surface area contributed by atoms with Crippen molar-refractivity contribution in [2.75, 3.05) is 0 Å². The highest BCUT2D eigenvalue weighted by molar-refractivity contribution is 5.73. The van der Waals surface area contributed by atoms with Crippen molar-refractivity contribution in [1.29, 1.82) is 0 Å². The van der Waals surface area contributed by atoms with Gasteiger partial charge in [-0.05, 0) is 31.8 Å². The van der Waals surface area contributed by atoms with Gasteiger partial charge in [-0.3, -0.25) is 9.79 Å². The zero-order chi connectivity index (χ0) is 15.1. The molecule has 20 heavy (non-hydrogen) atoms. The highest BCUT2D eigenvalue weighted by atomic mass is 16.4. The zero-order valence-corrected chi connectivity index (χ0v) is 11.8. The summed E-state index contributed by atoms with van der Waals surface area (Å²) in [6.45, 7) is 3.77. The lowest BCUT2D eigenvalue weighted by atomic mass is 10.0. The third kappa shape index (κ3) is 4.24. The van der Waals surface area contributed by atoms with Gasteiger partial charge in [0.05, 0.1) is 5.70 Å². The maximum atomic E-state index is 10.5. The fourth-order valence-electron chi connectivity index (χ4n) is 1.71. The van der Waals surface area contributed by atoms with E-state index < -0.39 is 12.0 Å². The second-order valence-corrected chi connectivity index (χ2v) is 4.54. The van der Waals surface area contributed by atoms with Crippen LogP contribution in [0.4, 0.5) is 0 Å². The minimum atomic E-state index is -1.01. The van der Waals surface area contributed by atoms with Gasteiger partial charge in [-0.25, -0.2) is 0 Å². The zero-order valence-electron chi connectivity index (χ0n) is 11.8. The summed E-state index contributed by atoms with van der Waals surface area (Å²) in [5.41, 5.74) is 7.71. The van der Waals surface area contributed by atoms with Crippen molar-refractivity contribution < 1.29 is 15.0 Å². The Labute approximate surface area is 118 Å². The maximum Gasteiger partial charge on any atom is 0.320 e. The van der Waals surface area contributed by atoms with Crippen LogP contribution in [0.1, 0.15) is 33.1 Å². The molecule has 1 rings (SSSR count). The van der Waals surface area contributed by atoms with Crippen LogP contribution in [0.15, 0.2) is 40.0 Å². The number of rotatable bonds is 6. The minimum Gasteiger partial charge on any atom is -0.505 e. The maximum absolute atomic E-state index is 10.5. The van der Waals surface area contributed by atoms with E-state index in [0.717, 1.165) is 12.0 Å². The Morgan fingerprint density at radius 2 is 2.30 bits per heavy atom. The van der Waals surface area contributed by atoms with Gasteiger partial charge in [0, 0.05) is 24.2 Å². The van der Waals surface area contributed by atoms with E-state index in [4.69, 9.17) is 10.8 Å². The Balaban J connectivity index is 2.65. The molecule has 1 aliphatic heterocycles. The molecule has 0 aliphatic carbocycles. The molecule has 0 fully saturated rings. The number of aliphatic imine (C=N–C) groups is 1. The molecule has 1 atom stereocenters. The molecular weight excluding hydrogens is 258 g/mol. The third-order valence-corrected chi connectivity index (χ3v) is 3.03. The summed E-state index contributed by atoms with van der Waals surface area (Å²) >= 11 is 0. The Bertz CT molecular complexity index is 490. The Morgan fingerprint density at radius 1 is 1.60 bits per heavy atom. The van der Waals surface area contributed by atoms with Gasteiger partial charge < -0.3 is 21.3 Å². The fourth-order valence-corrected chi connectivity index (χ4v) is 1.71. The normalized spacial score (nSPS) is 19.1. The van der Waals surface area contributed by atoms with E-state index in [2.05, 4.69) is 10.3 Å². The molecule has 0 amide bonds. The number of aliphatic carboxylic acids is 1. The molecule has 1 aliphatic rings. The van der Waals surface area contributed by atoms with E-state index in [1.165, 1.54) is 0 Å². The molecule has 0 saturated heterocycles. The largest absolute Gasteiger partial charge is 0.505 e. The number of allylic oxidation sites excluding steroid dienone is 2. The molecule has 0 bridgehead atoms. The van der Waals surface area contributed by atoms with Crippen LogP contribution in [0.3, 0.4) is 0 Å². The molecule has 0 saturated carbocycles. The van der Waals surface area contributed by atoms with Gasteiger partial charge in [-0.1, -0.05) is 6.92 Å². The number of carboxylic acids is 1. The number of nitrogens with zero attached hydrogens (tertiary/aromatic N) is 1. The number of hydrogen-bond acceptors (Lipinski definition) is 5. The number of nitrogens with one attached hydrogen (secondary N) is 1. The van der Waals surface area contributed by atoms with Crippen LogP contribution in [-0.4, -0.2) is 28.4 Å². The second kappa shape index (κ2) is 7.49. The second-order valence-electron chi connectivity index (χ2n) is 4.54. The van der Waals surface area contributed by atoms with Crippen LogP contribution >= 0.6 is 0 Å². The van der Waals surface area contributed by atoms with Crippen LogP contribution in [0, 0.1) is 0 Å². The number of aliphatic hydroxyl groups excluding tert-OH is 1. The van der Waals surface area contributed by atoms with Crippen molar-refractivity contribution in [3.8, 4) is 0 Å². The molecule has 1 heterocycles. The Kier molecular flexibility index (Phi) is 5.99. The quantitative estimate of drug-likeness (QED) is 0.555. The van der Waals surface area contributed by atoms with Crippen molar-refractivity contribution in [3.05, 3.63) is 35.0 Å². The molecule has 0 aromatic carbocycles. The van der Waals surface area contributed by atoms with Gasteiger partial charge in [0.25, 0.3) is 0 Å². The smallest absolute Gasteiger partial charge is 0.320 e. The summed E-state index contributed by atoms with van der Waals surface area (Å²) in [6.07, 6.45) is 6.62. The average molecular weight is 279 g/mol. The van der Waals surface area contributed by atoms with Crippen LogP contribution in [0.2, 0.25) is 0 Å². The van der Waals surface area contributed by atoms with Crippen molar-refractivity contribution in [1.82, 2.24) is 5.32 Å². The summed E-state index contributed by atoms with van der Waals surface area (Å²) in [6, 6.07) is -0.866. The molecule has 6 nitrogen and oxygen atoms in total. The van der Waals surface area contributed by atoms with Crippen LogP contribution < -0.4 is 11.1 Å². The number of nitrogens with two attached hydrogens (primary N) is 1. The lowest BCUT2D eigenvalue weighted by Crippen LogP contribution is -2.29. The molecule has 5 N–H and O–H groups in total. The lowest BCUT2D eigenvalue weighted by molar-refractivity contribution is -0.138. The standard InChI is InChI=1S/C14H21N3O3/c1-3-10-7-17-9(2)13(18)11(10)8-16-6-4-5-12(15)14(19)20/h6-8,12,17-18H,3-5,15H2,1-2H3,(H,19,20)/b11-8-,16-6?/t12-/m0/s1. The number of dihydropyridines is 1. The minimum absolute atomic E-state index is 0.184. The predicted octanol–water partition coefficient (Wildman–Crippen LogP) is 1.82. The number of carboxylic acid groups (broad SMARTS) is 1. The van der Waals surface area contributed by atoms with Crippen molar-refractivity contribution in [2.45, 2.75) is 39.2 Å². The van der Waals surface area contributed by atoms with Gasteiger partial charge in [0.2, 0.25) is 0 Å². The molecule has 0 unspecified atom stereocenters. The van der Waals surface area contributed by atoms with Gasteiger partial charge in [0.1, 0.15) is 11.8 Å². The third-order valence-electron chi connectivity index (χ3n) is 3.03. The molecular formula is C14H21N3O3. The monoisotopic (exact) mass is 279 g/mol. The molecule has 0 radical (unpaired) electrons. The summed E-state index contributed by atoms with van der Waals surface area (Å²) in [5.74, 6) is -0.828. The van der Waals surface area contributed by atoms with Gasteiger partial charge >= 0.3 is 5.97 Å². The molecule has 0 spiro atoms. The lowest BCUT2D eigenvalue weighted by Gasteiger charge is -2.18. The average Bonchev–Trinajstić information content (AvgIpc) is 2.42. The summed E-state index contributed by atoms with van der Waals surface area (Å²) in [5, 5.41) is 21.6. The first kappa shape index (κ1) is 16.0. The first-order valence-electron chi connectivity index (χ1n) is 6.53. The van der Waals surface area contributed by atoms with Gasteiger partial charge in [0.15, 0.2) is 0 Å². The van der Waals surface area contributed by atoms with Crippen molar-refractivity contribution >= 4 is 12.2 Å². The van der Waals surface area contributed by atoms with Gasteiger partial charge in [-0.2, -0.15) is 0 Å². The van der Waals surface area contributed by atoms with Crippen LogP contribution in [-0.2, 0) is 4.79 Å². The molecule has 0 aromatic rings. The number of hydrogen-bond donors (Lipinski definition) is 4. The van der Waals surface area contributed by atoms with E-state index in [0.29, 0.717) is 24.1 Å².